The predicted octanol–water partition coefficient (Wildman–Crippen LogP) is 1.12. The third kappa shape index (κ3) is 2.77. The third-order valence-electron chi connectivity index (χ3n) is 1.50. The fraction of sp³-hybridized carbons (Fsp3) is 0. The zero-order chi connectivity index (χ0) is 11.3. The van der Waals surface area contributed by atoms with E-state index in [4.69, 9.17) is 10.5 Å². The summed E-state index contributed by atoms with van der Waals surface area (Å²) in [7, 11) is 0. The van der Waals surface area contributed by atoms with Crippen LogP contribution in [0.15, 0.2) is 29.4 Å². The molecule has 1 aromatic rings. The van der Waals surface area contributed by atoms with Crippen LogP contribution in [0.1, 0.15) is 0 Å². The summed E-state index contributed by atoms with van der Waals surface area (Å²) in [6, 6.07) is 6.50. The summed E-state index contributed by atoms with van der Waals surface area (Å²) in [5.74, 6) is -1.42. The van der Waals surface area contributed by atoms with Crippen molar-refractivity contribution in [2.24, 2.45) is 5.16 Å². The summed E-state index contributed by atoms with van der Waals surface area (Å²) in [6.45, 7) is 0. The lowest BCUT2D eigenvalue weighted by molar-refractivity contribution is -0.110. The number of hydrogen-bond acceptors (Lipinski definition) is 4. The molecule has 0 saturated heterocycles. The first-order valence-corrected chi connectivity index (χ1v) is 3.86. The van der Waals surface area contributed by atoms with Gasteiger partial charge in [0.25, 0.3) is 5.91 Å². The highest BCUT2D eigenvalue weighted by Gasteiger charge is 2.11. The number of rotatable bonds is 2. The molecule has 15 heavy (non-hydrogen) atoms. The van der Waals surface area contributed by atoms with Crippen molar-refractivity contribution < 1.29 is 14.4 Å². The Bertz CT molecular complexity index is 451. The Morgan fingerprint density at radius 3 is 2.87 bits per heavy atom. The summed E-state index contributed by atoms with van der Waals surface area (Å²) < 4.78 is 12.7. The van der Waals surface area contributed by atoms with Gasteiger partial charge in [0.2, 0.25) is 5.71 Å². The van der Waals surface area contributed by atoms with Gasteiger partial charge < -0.3 is 10.5 Å². The molecule has 1 rings (SSSR count). The first kappa shape index (κ1) is 10.7. The van der Waals surface area contributed by atoms with E-state index in [0.29, 0.717) is 0 Å². The van der Waals surface area contributed by atoms with Gasteiger partial charge in [0.05, 0.1) is 0 Å². The van der Waals surface area contributed by atoms with E-state index in [1.165, 1.54) is 24.3 Å². The largest absolute Gasteiger partial charge is 0.410 e. The van der Waals surface area contributed by atoms with E-state index in [2.05, 4.69) is 10.5 Å². The lowest BCUT2D eigenvalue weighted by Gasteiger charge is -2.01. The van der Waals surface area contributed by atoms with Gasteiger partial charge in [-0.15, -0.1) is 0 Å². The lowest BCUT2D eigenvalue weighted by atomic mass is 10.3. The molecule has 0 aromatic heterocycles. The second kappa shape index (κ2) is 4.72. The van der Waals surface area contributed by atoms with Crippen molar-refractivity contribution >= 4 is 17.3 Å². The molecule has 76 valence electrons. The summed E-state index contributed by atoms with van der Waals surface area (Å²) in [6.07, 6.45) is 0. The van der Waals surface area contributed by atoms with Crippen molar-refractivity contribution in [2.45, 2.75) is 0 Å². The summed E-state index contributed by atoms with van der Waals surface area (Å²) in [5.41, 5.74) is -0.518. The second-order valence-corrected chi connectivity index (χ2v) is 2.52. The molecule has 0 fully saturated rings. The standard InChI is InChI=1S/C9H6FN3O2/c10-6-2-1-3-7(4-6)12-9(14)8(5-11)13-15/h1-4,15H,(H,12,14)/b13-8+. The van der Waals surface area contributed by atoms with Crippen molar-refractivity contribution in [2.75, 3.05) is 5.32 Å². The minimum absolute atomic E-state index is 0.177. The van der Waals surface area contributed by atoms with Crippen LogP contribution in [-0.4, -0.2) is 16.8 Å². The van der Waals surface area contributed by atoms with Gasteiger partial charge in [-0.25, -0.2) is 4.39 Å². The predicted molar refractivity (Wildman–Crippen MR) is 49.9 cm³/mol. The van der Waals surface area contributed by atoms with Crippen LogP contribution in [0.2, 0.25) is 0 Å². The topological polar surface area (TPSA) is 85.5 Å². The Kier molecular flexibility index (Phi) is 3.35. The molecule has 0 heterocycles. The number of carbonyl (C=O) groups excluding carboxylic acids is 1. The molecule has 0 aliphatic carbocycles. The Balaban J connectivity index is 2.80. The fourth-order valence-corrected chi connectivity index (χ4v) is 0.875. The Morgan fingerprint density at radius 1 is 1.60 bits per heavy atom. The van der Waals surface area contributed by atoms with Crippen LogP contribution in [0.4, 0.5) is 10.1 Å². The molecule has 0 spiro atoms. The average Bonchev–Trinajstić information content (AvgIpc) is 2.19. The first-order chi connectivity index (χ1) is 7.17. The molecule has 0 radical (unpaired) electrons. The number of carbonyl (C=O) groups is 1. The number of nitrogens with one attached hydrogen (secondary N) is 1. The van der Waals surface area contributed by atoms with Crippen molar-refractivity contribution in [3.05, 3.63) is 30.1 Å². The first-order valence-electron chi connectivity index (χ1n) is 3.86. The van der Waals surface area contributed by atoms with E-state index in [1.54, 1.807) is 0 Å². The highest BCUT2D eigenvalue weighted by atomic mass is 19.1. The molecule has 0 unspecified atom stereocenters. The summed E-state index contributed by atoms with van der Waals surface area (Å²) in [4.78, 5) is 11.1. The van der Waals surface area contributed by atoms with Crippen molar-refractivity contribution in [1.82, 2.24) is 0 Å². The van der Waals surface area contributed by atoms with Gasteiger partial charge in [-0.3, -0.25) is 4.79 Å². The average molecular weight is 207 g/mol. The van der Waals surface area contributed by atoms with Crippen LogP contribution < -0.4 is 5.32 Å². The van der Waals surface area contributed by atoms with Gasteiger partial charge in [-0.1, -0.05) is 11.2 Å². The molecule has 1 aromatic carbocycles. The smallest absolute Gasteiger partial charge is 0.288 e. The molecule has 1 amide bonds. The molecule has 0 atom stereocenters. The van der Waals surface area contributed by atoms with E-state index in [0.717, 1.165) is 6.07 Å². The molecule has 2 N–H and O–H groups in total. The Morgan fingerprint density at radius 2 is 2.33 bits per heavy atom. The molecule has 0 bridgehead atoms. The normalized spacial score (nSPS) is 10.5. The van der Waals surface area contributed by atoms with Gasteiger partial charge in [0, 0.05) is 5.69 Å². The summed E-state index contributed by atoms with van der Waals surface area (Å²) >= 11 is 0. The monoisotopic (exact) mass is 207 g/mol. The zero-order valence-electron chi connectivity index (χ0n) is 7.44. The number of anilines is 1. The van der Waals surface area contributed by atoms with Crippen LogP contribution in [0, 0.1) is 17.1 Å². The van der Waals surface area contributed by atoms with Gasteiger partial charge >= 0.3 is 0 Å². The number of hydrogen-bond donors (Lipinski definition) is 2. The minimum Gasteiger partial charge on any atom is -0.410 e. The van der Waals surface area contributed by atoms with Crippen LogP contribution in [0.3, 0.4) is 0 Å². The number of halogens is 1. The van der Waals surface area contributed by atoms with E-state index in [-0.39, 0.29) is 5.69 Å². The highest BCUT2D eigenvalue weighted by molar-refractivity contribution is 6.48. The quantitative estimate of drug-likeness (QED) is 0.432. The molecule has 0 aliphatic heterocycles. The molecule has 0 aliphatic rings. The summed E-state index contributed by atoms with van der Waals surface area (Å²) in [5, 5.41) is 21.3. The number of oxime groups is 1. The van der Waals surface area contributed by atoms with Gasteiger partial charge in [-0.2, -0.15) is 5.26 Å². The maximum atomic E-state index is 12.7. The molecular weight excluding hydrogens is 201 g/mol. The van der Waals surface area contributed by atoms with Gasteiger partial charge in [0.1, 0.15) is 11.9 Å². The molecule has 0 saturated carbocycles. The van der Waals surface area contributed by atoms with Gasteiger partial charge in [0.15, 0.2) is 0 Å². The second-order valence-electron chi connectivity index (χ2n) is 2.52. The third-order valence-corrected chi connectivity index (χ3v) is 1.50. The highest BCUT2D eigenvalue weighted by Crippen LogP contribution is 2.08. The number of nitrogens with zero attached hydrogens (tertiary/aromatic N) is 2. The van der Waals surface area contributed by atoms with E-state index >= 15 is 0 Å². The number of amides is 1. The SMILES string of the molecule is N#C/C(=N\O)C(=O)Nc1cccc(F)c1. The van der Waals surface area contributed by atoms with Crippen LogP contribution in [0.5, 0.6) is 0 Å². The van der Waals surface area contributed by atoms with E-state index in [1.807, 2.05) is 0 Å². The van der Waals surface area contributed by atoms with E-state index < -0.39 is 17.4 Å². The lowest BCUT2D eigenvalue weighted by Crippen LogP contribution is -2.21. The number of nitriles is 1. The Hall–Kier alpha value is -2.42. The Labute approximate surface area is 84.4 Å². The number of benzene rings is 1. The maximum absolute atomic E-state index is 12.7. The minimum atomic E-state index is -0.898. The van der Waals surface area contributed by atoms with Crippen LogP contribution in [0.25, 0.3) is 0 Å². The molecule has 5 nitrogen and oxygen atoms in total. The molecular formula is C9H6FN3O2. The fourth-order valence-electron chi connectivity index (χ4n) is 0.875. The maximum Gasteiger partial charge on any atom is 0.288 e. The molecule has 6 heteroatoms. The van der Waals surface area contributed by atoms with Crippen molar-refractivity contribution in [1.29, 1.82) is 5.26 Å². The zero-order valence-corrected chi connectivity index (χ0v) is 7.44. The van der Waals surface area contributed by atoms with E-state index in [9.17, 15) is 9.18 Å². The van der Waals surface area contributed by atoms with Crippen LogP contribution in [-0.2, 0) is 4.79 Å². The van der Waals surface area contributed by atoms with Gasteiger partial charge in [-0.05, 0) is 18.2 Å². The van der Waals surface area contributed by atoms with Crippen molar-refractivity contribution in [3.63, 3.8) is 0 Å². The van der Waals surface area contributed by atoms with Crippen LogP contribution >= 0.6 is 0 Å². The van der Waals surface area contributed by atoms with Crippen molar-refractivity contribution in [3.8, 4) is 6.07 Å².